The van der Waals surface area contributed by atoms with Gasteiger partial charge < -0.3 is 9.47 Å². The minimum atomic E-state index is -0.339. The standard InChI is InChI=1S/C26H23N3O3/c1-3-32-26(30)20-9-13-22(14-10-20)27-17-21-18-29(23-7-5-4-6-8-23)28-25(21)19-11-15-24(31-2)16-12-19/h4-18H,3H2,1-2H3. The van der Waals surface area contributed by atoms with Crippen LogP contribution in [0.1, 0.15) is 22.8 Å². The van der Waals surface area contributed by atoms with Crippen molar-refractivity contribution in [1.29, 1.82) is 0 Å². The van der Waals surface area contributed by atoms with E-state index >= 15 is 0 Å². The third-order valence-corrected chi connectivity index (χ3v) is 4.86. The summed E-state index contributed by atoms with van der Waals surface area (Å²) in [5, 5.41) is 4.80. The van der Waals surface area contributed by atoms with E-state index in [1.807, 2.05) is 65.5 Å². The summed E-state index contributed by atoms with van der Waals surface area (Å²) in [4.78, 5) is 16.4. The molecule has 1 aromatic heterocycles. The normalized spacial score (nSPS) is 10.9. The van der Waals surface area contributed by atoms with Crippen molar-refractivity contribution in [2.75, 3.05) is 13.7 Å². The highest BCUT2D eigenvalue weighted by atomic mass is 16.5. The van der Waals surface area contributed by atoms with Gasteiger partial charge >= 0.3 is 5.97 Å². The zero-order chi connectivity index (χ0) is 22.3. The number of aliphatic imine (C=N–C) groups is 1. The lowest BCUT2D eigenvalue weighted by atomic mass is 10.1. The quantitative estimate of drug-likeness (QED) is 0.291. The molecule has 160 valence electrons. The molecule has 0 atom stereocenters. The van der Waals surface area contributed by atoms with E-state index < -0.39 is 0 Å². The molecule has 0 fully saturated rings. The Kier molecular flexibility index (Phi) is 6.41. The van der Waals surface area contributed by atoms with Gasteiger partial charge in [-0.1, -0.05) is 18.2 Å². The molecule has 4 rings (SSSR count). The van der Waals surface area contributed by atoms with Gasteiger partial charge in [0, 0.05) is 23.5 Å². The van der Waals surface area contributed by atoms with Crippen molar-refractivity contribution in [1.82, 2.24) is 9.78 Å². The number of carbonyl (C=O) groups is 1. The number of rotatable bonds is 7. The average Bonchev–Trinajstić information content (AvgIpc) is 3.28. The molecule has 3 aromatic carbocycles. The fourth-order valence-corrected chi connectivity index (χ4v) is 3.21. The zero-order valence-corrected chi connectivity index (χ0v) is 17.9. The third kappa shape index (κ3) is 4.75. The molecular formula is C26H23N3O3. The van der Waals surface area contributed by atoms with Crippen LogP contribution in [0.5, 0.6) is 5.75 Å². The fourth-order valence-electron chi connectivity index (χ4n) is 3.21. The number of nitrogens with zero attached hydrogens (tertiary/aromatic N) is 3. The SMILES string of the molecule is CCOC(=O)c1ccc(N=Cc2cn(-c3ccccc3)nc2-c2ccc(OC)cc2)cc1. The predicted molar refractivity (Wildman–Crippen MR) is 125 cm³/mol. The predicted octanol–water partition coefficient (Wildman–Crippen LogP) is 5.48. The Bertz CT molecular complexity index is 1210. The molecule has 0 radical (unpaired) electrons. The summed E-state index contributed by atoms with van der Waals surface area (Å²) < 4.78 is 12.1. The summed E-state index contributed by atoms with van der Waals surface area (Å²) in [6.45, 7) is 2.13. The second kappa shape index (κ2) is 9.75. The van der Waals surface area contributed by atoms with E-state index in [4.69, 9.17) is 14.6 Å². The van der Waals surface area contributed by atoms with Crippen LogP contribution >= 0.6 is 0 Å². The van der Waals surface area contributed by atoms with E-state index in [1.54, 1.807) is 44.5 Å². The summed E-state index contributed by atoms with van der Waals surface area (Å²) in [6.07, 6.45) is 3.73. The van der Waals surface area contributed by atoms with Crippen LogP contribution in [0.2, 0.25) is 0 Å². The Morgan fingerprint density at radius 1 is 1.00 bits per heavy atom. The second-order valence-corrected chi connectivity index (χ2v) is 6.97. The highest BCUT2D eigenvalue weighted by molar-refractivity contribution is 5.91. The highest BCUT2D eigenvalue weighted by Crippen LogP contribution is 2.25. The average molecular weight is 425 g/mol. The first-order chi connectivity index (χ1) is 15.7. The van der Waals surface area contributed by atoms with Gasteiger partial charge in [0.25, 0.3) is 0 Å². The first kappa shape index (κ1) is 21.1. The molecule has 32 heavy (non-hydrogen) atoms. The Balaban J connectivity index is 1.67. The smallest absolute Gasteiger partial charge is 0.338 e. The number of aromatic nitrogens is 2. The van der Waals surface area contributed by atoms with Gasteiger partial charge in [0.1, 0.15) is 11.4 Å². The molecule has 0 aliphatic carbocycles. The van der Waals surface area contributed by atoms with Crippen molar-refractivity contribution in [3.8, 4) is 22.7 Å². The van der Waals surface area contributed by atoms with Crippen LogP contribution in [-0.2, 0) is 4.74 Å². The van der Waals surface area contributed by atoms with Crippen molar-refractivity contribution in [2.45, 2.75) is 6.92 Å². The van der Waals surface area contributed by atoms with Gasteiger partial charge in [0.05, 0.1) is 30.7 Å². The van der Waals surface area contributed by atoms with Crippen LogP contribution in [0.4, 0.5) is 5.69 Å². The number of carbonyl (C=O) groups excluding carboxylic acids is 1. The summed E-state index contributed by atoms with van der Waals surface area (Å²) in [6, 6.07) is 24.7. The minimum absolute atomic E-state index is 0.339. The molecule has 0 saturated carbocycles. The molecule has 0 saturated heterocycles. The van der Waals surface area contributed by atoms with E-state index in [-0.39, 0.29) is 5.97 Å². The molecule has 0 amide bonds. The highest BCUT2D eigenvalue weighted by Gasteiger charge is 2.12. The van der Waals surface area contributed by atoms with Crippen LogP contribution < -0.4 is 4.74 Å². The minimum Gasteiger partial charge on any atom is -0.497 e. The first-order valence-corrected chi connectivity index (χ1v) is 10.3. The van der Waals surface area contributed by atoms with Gasteiger partial charge in [-0.25, -0.2) is 9.48 Å². The Hall–Kier alpha value is -4.19. The van der Waals surface area contributed by atoms with Crippen LogP contribution in [-0.4, -0.2) is 35.7 Å². The van der Waals surface area contributed by atoms with Gasteiger partial charge in [0.2, 0.25) is 0 Å². The topological polar surface area (TPSA) is 65.7 Å². The van der Waals surface area contributed by atoms with Gasteiger partial charge in [-0.2, -0.15) is 5.10 Å². The summed E-state index contributed by atoms with van der Waals surface area (Å²) >= 11 is 0. The number of esters is 1. The fraction of sp³-hybridized carbons (Fsp3) is 0.115. The van der Waals surface area contributed by atoms with Crippen molar-refractivity contribution in [3.05, 3.63) is 96.2 Å². The monoisotopic (exact) mass is 425 g/mol. The molecule has 6 nitrogen and oxygen atoms in total. The number of hydrogen-bond donors (Lipinski definition) is 0. The van der Waals surface area contributed by atoms with Gasteiger partial charge in [-0.05, 0) is 67.6 Å². The maximum absolute atomic E-state index is 11.8. The van der Waals surface area contributed by atoms with Crippen molar-refractivity contribution in [2.24, 2.45) is 4.99 Å². The Morgan fingerprint density at radius 3 is 2.38 bits per heavy atom. The van der Waals surface area contributed by atoms with Crippen molar-refractivity contribution < 1.29 is 14.3 Å². The second-order valence-electron chi connectivity index (χ2n) is 6.97. The molecule has 0 N–H and O–H groups in total. The molecule has 0 bridgehead atoms. The first-order valence-electron chi connectivity index (χ1n) is 10.3. The Labute approximate surface area is 186 Å². The van der Waals surface area contributed by atoms with E-state index in [0.717, 1.165) is 33.9 Å². The number of methoxy groups -OCH3 is 1. The maximum Gasteiger partial charge on any atom is 0.338 e. The molecule has 6 heteroatoms. The van der Waals surface area contributed by atoms with E-state index in [1.165, 1.54) is 0 Å². The summed E-state index contributed by atoms with van der Waals surface area (Å²) in [5.74, 6) is 0.446. The maximum atomic E-state index is 11.8. The third-order valence-electron chi connectivity index (χ3n) is 4.86. The molecule has 0 aliphatic rings. The van der Waals surface area contributed by atoms with Crippen LogP contribution in [0.3, 0.4) is 0 Å². The molecular weight excluding hydrogens is 402 g/mol. The zero-order valence-electron chi connectivity index (χ0n) is 17.9. The Morgan fingerprint density at radius 2 is 1.72 bits per heavy atom. The number of ether oxygens (including phenoxy) is 2. The van der Waals surface area contributed by atoms with E-state index in [0.29, 0.717) is 12.2 Å². The van der Waals surface area contributed by atoms with Crippen LogP contribution in [0, 0.1) is 0 Å². The lowest BCUT2D eigenvalue weighted by Gasteiger charge is -2.03. The summed E-state index contributed by atoms with van der Waals surface area (Å²) in [5.41, 5.74) is 4.82. The van der Waals surface area contributed by atoms with Gasteiger partial charge in [0.15, 0.2) is 0 Å². The van der Waals surface area contributed by atoms with Gasteiger partial charge in [-0.15, -0.1) is 0 Å². The molecule has 0 unspecified atom stereocenters. The van der Waals surface area contributed by atoms with Gasteiger partial charge in [-0.3, -0.25) is 4.99 Å². The van der Waals surface area contributed by atoms with Crippen molar-refractivity contribution in [3.63, 3.8) is 0 Å². The number of benzene rings is 3. The number of hydrogen-bond acceptors (Lipinski definition) is 5. The largest absolute Gasteiger partial charge is 0.497 e. The van der Waals surface area contributed by atoms with Crippen molar-refractivity contribution >= 4 is 17.9 Å². The molecule has 4 aromatic rings. The summed E-state index contributed by atoms with van der Waals surface area (Å²) in [7, 11) is 1.64. The number of para-hydroxylation sites is 1. The molecule has 1 heterocycles. The van der Waals surface area contributed by atoms with Crippen LogP contribution in [0.15, 0.2) is 90.1 Å². The molecule has 0 aliphatic heterocycles. The van der Waals surface area contributed by atoms with E-state index in [9.17, 15) is 4.79 Å². The van der Waals surface area contributed by atoms with E-state index in [2.05, 4.69) is 4.99 Å². The lowest BCUT2D eigenvalue weighted by molar-refractivity contribution is 0.0526. The molecule has 0 spiro atoms. The lowest BCUT2D eigenvalue weighted by Crippen LogP contribution is -2.03. The van der Waals surface area contributed by atoms with Crippen LogP contribution in [0.25, 0.3) is 16.9 Å².